The minimum atomic E-state index is 0.623. The molecule has 2 nitrogen and oxygen atoms in total. The van der Waals surface area contributed by atoms with Crippen LogP contribution in [0.3, 0.4) is 0 Å². The number of carbonyl (C=O) groups is 1. The zero-order chi connectivity index (χ0) is 11.5. The molecular weight excluding hydrogens is 222 g/mol. The Morgan fingerprint density at radius 3 is 2.81 bits per heavy atom. The van der Waals surface area contributed by atoms with E-state index < -0.39 is 0 Å². The lowest BCUT2D eigenvalue weighted by Crippen LogP contribution is -2.27. The van der Waals surface area contributed by atoms with E-state index in [4.69, 9.17) is 11.6 Å². The van der Waals surface area contributed by atoms with E-state index in [0.717, 1.165) is 24.9 Å². The SMILES string of the molecule is CCCN(c1ccc(Cl)cc1C=O)C1CC1. The van der Waals surface area contributed by atoms with Crippen molar-refractivity contribution in [1.82, 2.24) is 0 Å². The van der Waals surface area contributed by atoms with Gasteiger partial charge in [0.1, 0.15) is 0 Å². The molecule has 1 aliphatic rings. The molecule has 0 radical (unpaired) electrons. The molecule has 1 aliphatic carbocycles. The van der Waals surface area contributed by atoms with Crippen LogP contribution in [0.4, 0.5) is 5.69 Å². The molecule has 16 heavy (non-hydrogen) atoms. The summed E-state index contributed by atoms with van der Waals surface area (Å²) in [7, 11) is 0. The van der Waals surface area contributed by atoms with E-state index in [1.807, 2.05) is 12.1 Å². The predicted molar refractivity (Wildman–Crippen MR) is 67.5 cm³/mol. The smallest absolute Gasteiger partial charge is 0.152 e. The quantitative estimate of drug-likeness (QED) is 0.731. The second-order valence-electron chi connectivity index (χ2n) is 4.25. The third kappa shape index (κ3) is 2.38. The first-order valence-electron chi connectivity index (χ1n) is 5.77. The molecule has 1 aromatic rings. The number of aldehydes is 1. The Morgan fingerprint density at radius 2 is 2.25 bits per heavy atom. The monoisotopic (exact) mass is 237 g/mol. The van der Waals surface area contributed by atoms with Gasteiger partial charge in [0.25, 0.3) is 0 Å². The Bertz CT molecular complexity index is 388. The van der Waals surface area contributed by atoms with Crippen LogP contribution in [0.25, 0.3) is 0 Å². The number of rotatable bonds is 5. The molecule has 1 saturated carbocycles. The van der Waals surface area contributed by atoms with Gasteiger partial charge in [-0.3, -0.25) is 4.79 Å². The minimum Gasteiger partial charge on any atom is -0.368 e. The van der Waals surface area contributed by atoms with Gasteiger partial charge in [-0.2, -0.15) is 0 Å². The molecule has 0 unspecified atom stereocenters. The summed E-state index contributed by atoms with van der Waals surface area (Å²) in [6.45, 7) is 3.17. The molecule has 0 atom stereocenters. The minimum absolute atomic E-state index is 0.623. The highest BCUT2D eigenvalue weighted by Crippen LogP contribution is 2.34. The molecule has 2 rings (SSSR count). The molecular formula is C13H16ClNO. The van der Waals surface area contributed by atoms with Gasteiger partial charge in [-0.15, -0.1) is 0 Å². The van der Waals surface area contributed by atoms with E-state index in [1.165, 1.54) is 12.8 Å². The van der Waals surface area contributed by atoms with Gasteiger partial charge >= 0.3 is 0 Å². The Kier molecular flexibility index (Phi) is 3.49. The first-order chi connectivity index (χ1) is 7.76. The van der Waals surface area contributed by atoms with Gasteiger partial charge in [-0.25, -0.2) is 0 Å². The van der Waals surface area contributed by atoms with Crippen molar-refractivity contribution in [3.05, 3.63) is 28.8 Å². The molecule has 0 amide bonds. The average molecular weight is 238 g/mol. The topological polar surface area (TPSA) is 20.3 Å². The third-order valence-corrected chi connectivity index (χ3v) is 3.11. The number of halogens is 1. The lowest BCUT2D eigenvalue weighted by molar-refractivity contribution is 0.112. The standard InChI is InChI=1S/C13H16ClNO/c1-2-7-15(12-4-5-12)13-6-3-11(14)8-10(13)9-16/h3,6,8-9,12H,2,4-5,7H2,1H3. The lowest BCUT2D eigenvalue weighted by Gasteiger charge is -2.25. The zero-order valence-corrected chi connectivity index (χ0v) is 10.2. The number of nitrogens with zero attached hydrogens (tertiary/aromatic N) is 1. The summed E-state index contributed by atoms with van der Waals surface area (Å²) in [4.78, 5) is 13.4. The van der Waals surface area contributed by atoms with E-state index in [0.29, 0.717) is 16.6 Å². The van der Waals surface area contributed by atoms with Gasteiger partial charge in [0, 0.05) is 28.9 Å². The highest BCUT2D eigenvalue weighted by atomic mass is 35.5. The number of benzene rings is 1. The van der Waals surface area contributed by atoms with Crippen molar-refractivity contribution in [1.29, 1.82) is 0 Å². The fraction of sp³-hybridized carbons (Fsp3) is 0.462. The van der Waals surface area contributed by atoms with Gasteiger partial charge in [0.05, 0.1) is 0 Å². The summed E-state index contributed by atoms with van der Waals surface area (Å²) in [6, 6.07) is 6.18. The predicted octanol–water partition coefficient (Wildman–Crippen LogP) is 3.53. The van der Waals surface area contributed by atoms with E-state index in [2.05, 4.69) is 11.8 Å². The fourth-order valence-corrected chi connectivity index (χ4v) is 2.19. The third-order valence-electron chi connectivity index (χ3n) is 2.88. The van der Waals surface area contributed by atoms with Crippen LogP contribution in [0.2, 0.25) is 5.02 Å². The summed E-state index contributed by atoms with van der Waals surface area (Å²) in [6.07, 6.45) is 4.46. The molecule has 0 aromatic heterocycles. The van der Waals surface area contributed by atoms with Crippen molar-refractivity contribution in [3.8, 4) is 0 Å². The molecule has 0 N–H and O–H groups in total. The Morgan fingerprint density at radius 1 is 1.50 bits per heavy atom. The normalized spacial score (nSPS) is 14.9. The van der Waals surface area contributed by atoms with Crippen LogP contribution < -0.4 is 4.90 Å². The largest absolute Gasteiger partial charge is 0.368 e. The van der Waals surface area contributed by atoms with E-state index in [1.54, 1.807) is 6.07 Å². The number of carbonyl (C=O) groups excluding carboxylic acids is 1. The summed E-state index contributed by atoms with van der Waals surface area (Å²) in [5.41, 5.74) is 1.73. The van der Waals surface area contributed by atoms with Gasteiger partial charge in [0.15, 0.2) is 6.29 Å². The maximum atomic E-state index is 11.0. The van der Waals surface area contributed by atoms with Gasteiger partial charge in [0.2, 0.25) is 0 Å². The van der Waals surface area contributed by atoms with Crippen LogP contribution in [-0.4, -0.2) is 18.9 Å². The van der Waals surface area contributed by atoms with Crippen LogP contribution in [0, 0.1) is 0 Å². The Balaban J connectivity index is 2.31. The van der Waals surface area contributed by atoms with Crippen LogP contribution >= 0.6 is 11.6 Å². The van der Waals surface area contributed by atoms with Crippen LogP contribution in [0.5, 0.6) is 0 Å². The molecule has 1 fully saturated rings. The van der Waals surface area contributed by atoms with Crippen molar-refractivity contribution >= 4 is 23.6 Å². The number of hydrogen-bond donors (Lipinski definition) is 0. The molecule has 0 bridgehead atoms. The summed E-state index contributed by atoms with van der Waals surface area (Å²) in [5, 5.41) is 0.623. The molecule has 3 heteroatoms. The molecule has 0 aliphatic heterocycles. The van der Waals surface area contributed by atoms with Crippen LogP contribution in [-0.2, 0) is 0 Å². The summed E-state index contributed by atoms with van der Waals surface area (Å²) < 4.78 is 0. The summed E-state index contributed by atoms with van der Waals surface area (Å²) >= 11 is 5.90. The lowest BCUT2D eigenvalue weighted by atomic mass is 10.1. The van der Waals surface area contributed by atoms with E-state index in [9.17, 15) is 4.79 Å². The van der Waals surface area contributed by atoms with E-state index >= 15 is 0 Å². The first kappa shape index (κ1) is 11.5. The molecule has 0 spiro atoms. The molecule has 86 valence electrons. The number of hydrogen-bond acceptors (Lipinski definition) is 2. The van der Waals surface area contributed by atoms with E-state index in [-0.39, 0.29) is 0 Å². The highest BCUT2D eigenvalue weighted by Gasteiger charge is 2.29. The molecule has 1 aromatic carbocycles. The fourth-order valence-electron chi connectivity index (χ4n) is 2.01. The second kappa shape index (κ2) is 4.88. The number of anilines is 1. The van der Waals surface area contributed by atoms with Crippen molar-refractivity contribution in [2.45, 2.75) is 32.2 Å². The van der Waals surface area contributed by atoms with Crippen molar-refractivity contribution < 1.29 is 4.79 Å². The molecule has 0 saturated heterocycles. The van der Waals surface area contributed by atoms with Gasteiger partial charge in [-0.1, -0.05) is 18.5 Å². The average Bonchev–Trinajstić information content (AvgIpc) is 3.10. The van der Waals surface area contributed by atoms with Gasteiger partial charge in [-0.05, 0) is 37.5 Å². The maximum Gasteiger partial charge on any atom is 0.152 e. The maximum absolute atomic E-state index is 11.0. The second-order valence-corrected chi connectivity index (χ2v) is 4.68. The summed E-state index contributed by atoms with van der Waals surface area (Å²) in [5.74, 6) is 0. The van der Waals surface area contributed by atoms with Crippen molar-refractivity contribution in [3.63, 3.8) is 0 Å². The van der Waals surface area contributed by atoms with Gasteiger partial charge < -0.3 is 4.90 Å². The molecule has 0 heterocycles. The Hall–Kier alpha value is -1.02. The van der Waals surface area contributed by atoms with Crippen LogP contribution in [0.1, 0.15) is 36.5 Å². The zero-order valence-electron chi connectivity index (χ0n) is 9.45. The van der Waals surface area contributed by atoms with Crippen molar-refractivity contribution in [2.24, 2.45) is 0 Å². The first-order valence-corrected chi connectivity index (χ1v) is 6.15. The Labute approximate surface area is 101 Å². The van der Waals surface area contributed by atoms with Crippen LogP contribution in [0.15, 0.2) is 18.2 Å². The van der Waals surface area contributed by atoms with Crippen molar-refractivity contribution in [2.75, 3.05) is 11.4 Å². The highest BCUT2D eigenvalue weighted by molar-refractivity contribution is 6.31.